The van der Waals surface area contributed by atoms with Gasteiger partial charge in [-0.05, 0) is 45.7 Å². The first-order valence-corrected chi connectivity index (χ1v) is 11.2. The molecular weight excluding hydrogens is 390 g/mol. The molecule has 7 heteroatoms. The number of aromatic nitrogens is 2. The molecule has 2 aromatic heterocycles. The van der Waals surface area contributed by atoms with Gasteiger partial charge in [0, 0.05) is 50.3 Å². The van der Waals surface area contributed by atoms with E-state index in [0.717, 1.165) is 30.0 Å². The standard InChI is InChI=1S/C24H33N5O2/c1-5-11-28-16-18(15-20(28)30)23(31)27-13-9-17(10-14-27)21-22(26-24(2,3)4)29-12-7-6-8-19(29)25-21/h5-8,12,17-18,26H,1,9-11,13-16H2,2-4H3. The van der Waals surface area contributed by atoms with Crippen molar-refractivity contribution in [2.75, 3.05) is 31.5 Å². The van der Waals surface area contributed by atoms with Crippen molar-refractivity contribution in [3.8, 4) is 0 Å². The van der Waals surface area contributed by atoms with Gasteiger partial charge in [0.2, 0.25) is 11.8 Å². The Labute approximate surface area is 184 Å². The highest BCUT2D eigenvalue weighted by atomic mass is 16.2. The lowest BCUT2D eigenvalue weighted by Gasteiger charge is -2.33. The third-order valence-corrected chi connectivity index (χ3v) is 6.16. The van der Waals surface area contributed by atoms with E-state index in [-0.39, 0.29) is 23.3 Å². The van der Waals surface area contributed by atoms with E-state index in [1.54, 1.807) is 11.0 Å². The average molecular weight is 424 g/mol. The largest absolute Gasteiger partial charge is 0.365 e. The molecule has 2 aliphatic heterocycles. The number of likely N-dealkylation sites (tertiary alicyclic amines) is 2. The second-order valence-electron chi connectivity index (χ2n) is 9.74. The van der Waals surface area contributed by atoms with Crippen molar-refractivity contribution in [2.45, 2.75) is 51.5 Å². The van der Waals surface area contributed by atoms with Crippen LogP contribution in [0.4, 0.5) is 5.82 Å². The average Bonchev–Trinajstić information content (AvgIpc) is 3.28. The summed E-state index contributed by atoms with van der Waals surface area (Å²) in [5.41, 5.74) is 1.94. The number of hydrogen-bond donors (Lipinski definition) is 1. The number of hydrogen-bond acceptors (Lipinski definition) is 4. The highest BCUT2D eigenvalue weighted by Gasteiger charge is 2.37. The number of anilines is 1. The molecule has 4 rings (SSSR count). The number of nitrogens with zero attached hydrogens (tertiary/aromatic N) is 4. The summed E-state index contributed by atoms with van der Waals surface area (Å²) in [6.45, 7) is 12.6. The summed E-state index contributed by atoms with van der Waals surface area (Å²) in [4.78, 5) is 33.8. The SMILES string of the molecule is C=CCN1CC(C(=O)N2CCC(c3nc4ccccn4c3NC(C)(C)C)CC2)CC1=O. The van der Waals surface area contributed by atoms with Crippen molar-refractivity contribution in [3.63, 3.8) is 0 Å². The zero-order valence-electron chi connectivity index (χ0n) is 18.8. The highest BCUT2D eigenvalue weighted by molar-refractivity contribution is 5.89. The van der Waals surface area contributed by atoms with Gasteiger partial charge in [0.1, 0.15) is 11.5 Å². The number of amides is 2. The zero-order chi connectivity index (χ0) is 22.2. The van der Waals surface area contributed by atoms with Gasteiger partial charge in [0.25, 0.3) is 0 Å². The molecule has 0 aromatic carbocycles. The van der Waals surface area contributed by atoms with Crippen LogP contribution in [0.15, 0.2) is 37.1 Å². The Morgan fingerprint density at radius 2 is 2.03 bits per heavy atom. The topological polar surface area (TPSA) is 70.0 Å². The van der Waals surface area contributed by atoms with Gasteiger partial charge < -0.3 is 15.1 Å². The Kier molecular flexibility index (Phi) is 5.77. The van der Waals surface area contributed by atoms with Crippen LogP contribution >= 0.6 is 0 Å². The molecule has 2 aromatic rings. The number of carbonyl (C=O) groups excluding carboxylic acids is 2. The van der Waals surface area contributed by atoms with E-state index in [9.17, 15) is 9.59 Å². The first-order valence-electron chi connectivity index (χ1n) is 11.2. The summed E-state index contributed by atoms with van der Waals surface area (Å²) >= 11 is 0. The molecule has 2 saturated heterocycles. The van der Waals surface area contributed by atoms with Gasteiger partial charge in [-0.3, -0.25) is 14.0 Å². The number of pyridine rings is 1. The first-order chi connectivity index (χ1) is 14.8. The van der Waals surface area contributed by atoms with Gasteiger partial charge in [0.15, 0.2) is 0 Å². The molecule has 0 aliphatic carbocycles. The third-order valence-electron chi connectivity index (χ3n) is 6.16. The minimum atomic E-state index is -0.225. The molecule has 0 spiro atoms. The molecule has 7 nitrogen and oxygen atoms in total. The molecule has 1 atom stereocenters. The summed E-state index contributed by atoms with van der Waals surface area (Å²) < 4.78 is 2.12. The van der Waals surface area contributed by atoms with Gasteiger partial charge >= 0.3 is 0 Å². The smallest absolute Gasteiger partial charge is 0.227 e. The summed E-state index contributed by atoms with van der Waals surface area (Å²) in [6, 6.07) is 6.06. The van der Waals surface area contributed by atoms with Gasteiger partial charge in [0.05, 0.1) is 11.6 Å². The second-order valence-corrected chi connectivity index (χ2v) is 9.74. The van der Waals surface area contributed by atoms with E-state index < -0.39 is 0 Å². The predicted molar refractivity (Wildman–Crippen MR) is 122 cm³/mol. The van der Waals surface area contributed by atoms with Gasteiger partial charge in [-0.1, -0.05) is 12.1 Å². The van der Waals surface area contributed by atoms with Crippen LogP contribution in [0.25, 0.3) is 5.65 Å². The number of imidazole rings is 1. The Morgan fingerprint density at radius 3 is 2.71 bits per heavy atom. The molecule has 166 valence electrons. The molecule has 0 bridgehead atoms. The fourth-order valence-corrected chi connectivity index (χ4v) is 4.68. The van der Waals surface area contributed by atoms with Crippen LogP contribution in [0.5, 0.6) is 0 Å². The quantitative estimate of drug-likeness (QED) is 0.750. The molecule has 4 heterocycles. The maximum Gasteiger partial charge on any atom is 0.227 e. The van der Waals surface area contributed by atoms with E-state index in [1.165, 1.54) is 0 Å². The zero-order valence-corrected chi connectivity index (χ0v) is 18.8. The number of fused-ring (bicyclic) bond motifs is 1. The maximum atomic E-state index is 13.0. The molecule has 2 aliphatic rings. The summed E-state index contributed by atoms with van der Waals surface area (Å²) in [7, 11) is 0. The minimum Gasteiger partial charge on any atom is -0.365 e. The second kappa shape index (κ2) is 8.36. The van der Waals surface area contributed by atoms with E-state index in [4.69, 9.17) is 4.98 Å². The van der Waals surface area contributed by atoms with Crippen molar-refractivity contribution in [2.24, 2.45) is 5.92 Å². The van der Waals surface area contributed by atoms with E-state index in [1.807, 2.05) is 29.3 Å². The Hall–Kier alpha value is -2.83. The predicted octanol–water partition coefficient (Wildman–Crippen LogP) is 3.29. The van der Waals surface area contributed by atoms with Crippen molar-refractivity contribution < 1.29 is 9.59 Å². The lowest BCUT2D eigenvalue weighted by molar-refractivity contribution is -0.136. The minimum absolute atomic E-state index is 0.0516. The lowest BCUT2D eigenvalue weighted by atomic mass is 9.92. The molecule has 31 heavy (non-hydrogen) atoms. The molecule has 0 saturated carbocycles. The number of piperidine rings is 1. The summed E-state index contributed by atoms with van der Waals surface area (Å²) in [5, 5.41) is 3.64. The fourth-order valence-electron chi connectivity index (χ4n) is 4.68. The Morgan fingerprint density at radius 1 is 1.29 bits per heavy atom. The van der Waals surface area contributed by atoms with E-state index >= 15 is 0 Å². The van der Waals surface area contributed by atoms with Crippen LogP contribution in [0, 0.1) is 5.92 Å². The van der Waals surface area contributed by atoms with Crippen molar-refractivity contribution in [3.05, 3.63) is 42.7 Å². The molecule has 1 unspecified atom stereocenters. The molecule has 0 radical (unpaired) electrons. The van der Waals surface area contributed by atoms with Crippen molar-refractivity contribution in [1.82, 2.24) is 19.2 Å². The summed E-state index contributed by atoms with van der Waals surface area (Å²) in [6.07, 6.45) is 5.84. The third kappa shape index (κ3) is 4.45. The van der Waals surface area contributed by atoms with E-state index in [2.05, 4.69) is 37.1 Å². The van der Waals surface area contributed by atoms with Crippen LogP contribution < -0.4 is 5.32 Å². The fraction of sp³-hybridized carbons (Fsp3) is 0.542. The van der Waals surface area contributed by atoms with Crippen LogP contribution in [0.3, 0.4) is 0 Å². The monoisotopic (exact) mass is 423 g/mol. The number of rotatable bonds is 5. The van der Waals surface area contributed by atoms with Crippen LogP contribution in [-0.4, -0.2) is 62.7 Å². The van der Waals surface area contributed by atoms with Crippen LogP contribution in [-0.2, 0) is 9.59 Å². The summed E-state index contributed by atoms with van der Waals surface area (Å²) in [5.74, 6) is 1.29. The number of nitrogens with one attached hydrogen (secondary N) is 1. The highest BCUT2D eigenvalue weighted by Crippen LogP contribution is 2.35. The van der Waals surface area contributed by atoms with Crippen molar-refractivity contribution in [1.29, 1.82) is 0 Å². The molecule has 2 amide bonds. The lowest BCUT2D eigenvalue weighted by Crippen LogP contribution is -2.42. The molecule has 1 N–H and O–H groups in total. The van der Waals surface area contributed by atoms with Crippen molar-refractivity contribution >= 4 is 23.3 Å². The Balaban J connectivity index is 1.46. The number of carbonyl (C=O) groups is 2. The van der Waals surface area contributed by atoms with Gasteiger partial charge in [-0.15, -0.1) is 6.58 Å². The molecule has 2 fully saturated rings. The maximum absolute atomic E-state index is 13.0. The van der Waals surface area contributed by atoms with Gasteiger partial charge in [-0.2, -0.15) is 0 Å². The Bertz CT molecular complexity index is 982. The van der Waals surface area contributed by atoms with Crippen LogP contribution in [0.2, 0.25) is 0 Å². The van der Waals surface area contributed by atoms with Crippen LogP contribution in [0.1, 0.15) is 51.6 Å². The van der Waals surface area contributed by atoms with Gasteiger partial charge in [-0.25, -0.2) is 4.98 Å². The first kappa shape index (κ1) is 21.4. The van der Waals surface area contributed by atoms with E-state index in [0.29, 0.717) is 38.5 Å². The molecular formula is C24H33N5O2. The normalized spacial score (nSPS) is 20.5.